The Morgan fingerprint density at radius 1 is 0.609 bits per heavy atom. The van der Waals surface area contributed by atoms with Crippen LogP contribution in [0.15, 0.2) is 132 Å². The summed E-state index contributed by atoms with van der Waals surface area (Å²) in [5.41, 5.74) is 8.47. The van der Waals surface area contributed by atoms with E-state index in [0.717, 1.165) is 90.6 Å². The van der Waals surface area contributed by atoms with Crippen molar-refractivity contribution in [1.29, 1.82) is 0 Å². The average molecular weight is 922 g/mol. The van der Waals surface area contributed by atoms with Crippen molar-refractivity contribution < 1.29 is 9.53 Å². The van der Waals surface area contributed by atoms with E-state index >= 15 is 0 Å². The third-order valence-corrected chi connectivity index (χ3v) is 13.3. The minimum absolute atomic E-state index is 0.0480. The second-order valence-corrected chi connectivity index (χ2v) is 18.9. The minimum atomic E-state index is -0.574. The molecule has 1 saturated heterocycles. The number of amides is 1. The molecule has 17 heteroatoms. The molecule has 0 unspecified atom stereocenters. The van der Waals surface area contributed by atoms with Crippen LogP contribution in [0.5, 0.6) is 0 Å². The number of aromatic nitrogens is 12. The molecule has 0 bridgehead atoms. The molecule has 1 amide bonds. The van der Waals surface area contributed by atoms with E-state index in [4.69, 9.17) is 4.74 Å². The maximum atomic E-state index is 13.5. The van der Waals surface area contributed by atoms with Gasteiger partial charge in [0.15, 0.2) is 11.6 Å². The van der Waals surface area contributed by atoms with E-state index in [-0.39, 0.29) is 29.6 Å². The maximum Gasteiger partial charge on any atom is 0.410 e. The lowest BCUT2D eigenvalue weighted by Gasteiger charge is -2.24. The Kier molecular flexibility index (Phi) is 10.8. The van der Waals surface area contributed by atoms with Crippen molar-refractivity contribution in [2.45, 2.75) is 70.6 Å². The van der Waals surface area contributed by atoms with E-state index in [1.165, 1.54) is 12.8 Å². The summed E-state index contributed by atoms with van der Waals surface area (Å²) in [4.78, 5) is 59.4. The molecule has 2 aliphatic rings. The van der Waals surface area contributed by atoms with Crippen molar-refractivity contribution in [3.05, 3.63) is 143 Å². The number of carbonyl (C=O) groups is 1. The lowest BCUT2D eigenvalue weighted by Crippen LogP contribution is -2.36. The summed E-state index contributed by atoms with van der Waals surface area (Å²) in [6, 6.07) is 24.0. The molecule has 2 aromatic carbocycles. The number of nitrogens with zero attached hydrogens (tertiary/aromatic N) is 13. The summed E-state index contributed by atoms with van der Waals surface area (Å²) in [5.74, 6) is 1.51. The highest BCUT2D eigenvalue weighted by atomic mass is 16.6. The van der Waals surface area contributed by atoms with E-state index in [2.05, 4.69) is 48.3 Å². The van der Waals surface area contributed by atoms with E-state index in [1.54, 1.807) is 49.0 Å². The van der Waals surface area contributed by atoms with Gasteiger partial charge in [-0.2, -0.15) is 10.2 Å². The van der Waals surface area contributed by atoms with Gasteiger partial charge in [-0.1, -0.05) is 25.0 Å². The number of pyridine rings is 4. The van der Waals surface area contributed by atoms with E-state index in [0.29, 0.717) is 19.5 Å². The lowest BCUT2D eigenvalue weighted by molar-refractivity contribution is 0.0289. The number of hydrogen-bond donors (Lipinski definition) is 0. The van der Waals surface area contributed by atoms with Crippen molar-refractivity contribution in [3.63, 3.8) is 0 Å². The number of rotatable bonds is 6. The number of benzene rings is 2. The van der Waals surface area contributed by atoms with Gasteiger partial charge < -0.3 is 9.64 Å². The Morgan fingerprint density at radius 2 is 1.10 bits per heavy atom. The van der Waals surface area contributed by atoms with Crippen molar-refractivity contribution in [3.8, 4) is 33.9 Å². The van der Waals surface area contributed by atoms with Crippen LogP contribution in [0.2, 0.25) is 0 Å². The van der Waals surface area contributed by atoms with Crippen molar-refractivity contribution in [2.24, 2.45) is 14.1 Å². The molecule has 69 heavy (non-hydrogen) atoms. The Hall–Kier alpha value is -8.21. The van der Waals surface area contributed by atoms with E-state index < -0.39 is 5.60 Å². The van der Waals surface area contributed by atoms with Crippen LogP contribution in [0, 0.1) is 0 Å². The highest BCUT2D eigenvalue weighted by Crippen LogP contribution is 2.36. The first-order valence-electron chi connectivity index (χ1n) is 23.3. The van der Waals surface area contributed by atoms with Gasteiger partial charge in [-0.25, -0.2) is 33.7 Å². The molecule has 17 nitrogen and oxygen atoms in total. The molecule has 0 radical (unpaired) electrons. The summed E-state index contributed by atoms with van der Waals surface area (Å²) in [6.07, 6.45) is 19.2. The fourth-order valence-electron chi connectivity index (χ4n) is 9.89. The van der Waals surface area contributed by atoms with Crippen molar-refractivity contribution in [2.75, 3.05) is 13.1 Å². The predicted molar refractivity (Wildman–Crippen MR) is 265 cm³/mol. The van der Waals surface area contributed by atoms with Crippen LogP contribution in [0.1, 0.15) is 65.0 Å². The molecule has 10 aromatic rings. The fraction of sp³-hybridized carbons (Fsp3) is 0.288. The quantitative estimate of drug-likeness (QED) is 0.157. The van der Waals surface area contributed by atoms with E-state index in [1.807, 2.05) is 123 Å². The smallest absolute Gasteiger partial charge is 0.410 e. The Bertz CT molecular complexity index is 3650. The Labute approximate surface area is 395 Å². The van der Waals surface area contributed by atoms with Gasteiger partial charge in [0.1, 0.15) is 5.60 Å². The summed E-state index contributed by atoms with van der Waals surface area (Å²) < 4.78 is 16.2. The number of ether oxygens (including phenoxy) is 1. The number of likely N-dealkylation sites (tertiary alicyclic amines) is 1. The zero-order chi connectivity index (χ0) is 47.6. The van der Waals surface area contributed by atoms with Gasteiger partial charge in [0.25, 0.3) is 0 Å². The molecule has 2 fully saturated rings. The average Bonchev–Trinajstić information content (AvgIpc) is 4.24. The Balaban J connectivity index is 0.000000154. The molecular weight excluding hydrogens is 871 g/mol. The lowest BCUT2D eigenvalue weighted by atomic mass is 10.0. The maximum absolute atomic E-state index is 13.5. The highest BCUT2D eigenvalue weighted by molar-refractivity contribution is 6.05. The van der Waals surface area contributed by atoms with E-state index in [9.17, 15) is 14.4 Å². The molecule has 1 atom stereocenters. The van der Waals surface area contributed by atoms with Crippen molar-refractivity contribution >= 4 is 50.0 Å². The Morgan fingerprint density at radius 3 is 1.55 bits per heavy atom. The minimum Gasteiger partial charge on any atom is -0.444 e. The van der Waals surface area contributed by atoms with Crippen LogP contribution < -0.4 is 11.4 Å². The largest absolute Gasteiger partial charge is 0.444 e. The molecular formula is C52H51N13O4. The number of fused-ring (bicyclic) bond motifs is 6. The van der Waals surface area contributed by atoms with Gasteiger partial charge in [0, 0.05) is 92.3 Å². The van der Waals surface area contributed by atoms with Crippen LogP contribution in [-0.2, 0) is 18.8 Å². The van der Waals surface area contributed by atoms with Crippen LogP contribution in [0.4, 0.5) is 4.79 Å². The van der Waals surface area contributed by atoms with Crippen LogP contribution in [0.3, 0.4) is 0 Å². The molecule has 12 rings (SSSR count). The van der Waals surface area contributed by atoms with Gasteiger partial charge in [-0.05, 0) is 112 Å². The topological polar surface area (TPSA) is 171 Å². The second-order valence-electron chi connectivity index (χ2n) is 18.9. The number of aryl methyl sites for hydroxylation is 2. The molecule has 1 aliphatic heterocycles. The summed E-state index contributed by atoms with van der Waals surface area (Å²) in [7, 11) is 3.60. The monoisotopic (exact) mass is 921 g/mol. The number of imidazole rings is 2. The van der Waals surface area contributed by atoms with Crippen LogP contribution >= 0.6 is 0 Å². The zero-order valence-corrected chi connectivity index (χ0v) is 39.1. The normalized spacial score (nSPS) is 15.4. The standard InChI is InChI=1S/C28H29N7O3.C24H22N6O/c1-28(2,3)38-27(37)33-13-10-20(17-33)35-25-21-14-18(6-8-22(21)29-16-23(25)32(4)26(35)36)19-7-9-24(30-15-19)34-12-5-11-31-34;1-28-21-15-25-20-9-7-16(17-8-10-22(26-14-17)29-12-4-11-27-29)13-19(20)23(21)30(24(28)31)18-5-2-3-6-18/h5-9,11-12,14-16,20H,10,13,17H2,1-4H3;4,7-15,18H,2-3,5-6H2,1H3/t20-;/m0./s1. The first kappa shape index (κ1) is 43.4. The highest BCUT2D eigenvalue weighted by Gasteiger charge is 2.33. The number of hydrogen-bond acceptors (Lipinski definition) is 10. The zero-order valence-electron chi connectivity index (χ0n) is 39.1. The molecule has 0 spiro atoms. The number of carbonyl (C=O) groups excluding carboxylic acids is 1. The molecule has 9 heterocycles. The molecule has 1 saturated carbocycles. The first-order chi connectivity index (χ1) is 33.4. The first-order valence-corrected chi connectivity index (χ1v) is 23.3. The fourth-order valence-corrected chi connectivity index (χ4v) is 9.89. The molecule has 348 valence electrons. The summed E-state index contributed by atoms with van der Waals surface area (Å²) >= 11 is 0. The van der Waals surface area contributed by atoms with Gasteiger partial charge in [0.05, 0.1) is 51.5 Å². The summed E-state index contributed by atoms with van der Waals surface area (Å²) in [5, 5.41) is 10.4. The third-order valence-electron chi connectivity index (χ3n) is 13.3. The SMILES string of the molecule is Cn1c(=O)n(C2CCCC2)c2c3cc(-c4ccc(-n5cccn5)nc4)ccc3ncc21.Cn1c(=O)n([C@H]2CCN(C(=O)OC(C)(C)C)C2)c2c3cc(-c4ccc(-n5cccn5)nc4)ccc3ncc21. The van der Waals surface area contributed by atoms with Gasteiger partial charge in [-0.3, -0.25) is 28.2 Å². The van der Waals surface area contributed by atoms with Gasteiger partial charge >= 0.3 is 17.5 Å². The second kappa shape index (κ2) is 17.1. The molecule has 8 aromatic heterocycles. The third kappa shape index (κ3) is 7.92. The van der Waals surface area contributed by atoms with Gasteiger partial charge in [0.2, 0.25) is 0 Å². The predicted octanol–water partition coefficient (Wildman–Crippen LogP) is 8.57. The van der Waals surface area contributed by atoms with Crippen LogP contribution in [-0.4, -0.2) is 87.4 Å². The molecule has 1 aliphatic carbocycles. The van der Waals surface area contributed by atoms with Crippen molar-refractivity contribution in [1.82, 2.24) is 62.7 Å². The van der Waals surface area contributed by atoms with Gasteiger partial charge in [-0.15, -0.1) is 0 Å². The summed E-state index contributed by atoms with van der Waals surface area (Å²) in [6.45, 7) is 6.50. The molecule has 0 N–H and O–H groups in total. The van der Waals surface area contributed by atoms with Crippen LogP contribution in [0.25, 0.3) is 77.8 Å².